The van der Waals surface area contributed by atoms with Gasteiger partial charge in [-0.1, -0.05) is 200 Å². The van der Waals surface area contributed by atoms with Crippen molar-refractivity contribution in [2.45, 2.75) is 0 Å². The zero-order valence-electron chi connectivity index (χ0n) is 38.0. The lowest BCUT2D eigenvalue weighted by molar-refractivity contribution is 1.01. The van der Waals surface area contributed by atoms with Gasteiger partial charge in [0.15, 0.2) is 0 Å². The van der Waals surface area contributed by atoms with Gasteiger partial charge in [-0.25, -0.2) is 9.97 Å². The maximum Gasteiger partial charge on any atom is 0.235 e. The molecule has 0 saturated heterocycles. The Bertz CT molecular complexity index is 4310. The summed E-state index contributed by atoms with van der Waals surface area (Å²) in [6.07, 6.45) is 0. The Hall–Kier alpha value is -9.38. The van der Waals surface area contributed by atoms with Gasteiger partial charge < -0.3 is 4.57 Å². The molecule has 14 aromatic rings. The third-order valence-corrected chi connectivity index (χ3v) is 14.1. The van der Waals surface area contributed by atoms with E-state index in [1.807, 2.05) is 0 Å². The van der Waals surface area contributed by atoms with Gasteiger partial charge in [0.05, 0.1) is 33.3 Å². The van der Waals surface area contributed by atoms with Gasteiger partial charge in [-0.05, 0) is 110 Å². The maximum atomic E-state index is 5.84. The number of aromatic nitrogens is 4. The number of fused-ring (bicyclic) bond motifs is 8. The van der Waals surface area contributed by atoms with Gasteiger partial charge in [0, 0.05) is 38.2 Å². The number of hydrogen-bond donors (Lipinski definition) is 0. The zero-order chi connectivity index (χ0) is 46.1. The molecule has 11 aromatic carbocycles. The third-order valence-electron chi connectivity index (χ3n) is 14.1. The summed E-state index contributed by atoms with van der Waals surface area (Å²) in [7, 11) is 0. The molecule has 4 nitrogen and oxygen atoms in total. The average molecular weight is 891 g/mol. The zero-order valence-corrected chi connectivity index (χ0v) is 38.0. The minimum atomic E-state index is 0.614. The first-order valence-corrected chi connectivity index (χ1v) is 23.9. The summed E-state index contributed by atoms with van der Waals surface area (Å²) in [6, 6.07) is 91.8. The molecule has 0 spiro atoms. The van der Waals surface area contributed by atoms with E-state index in [1.54, 1.807) is 0 Å². The standard InChI is InChI=1S/C66H42N4/c1-5-18-43(19-6-1)44-32-34-45(35-33-44)50-36-37-62-57(39-50)58-38-48-24-13-14-25-49(48)40-63(58)70(62)66-67-60-42-56(47-22-9-3-10-23-47)55(46-20-7-2-8-21-46)41-59(60)64(68-66)54-30-17-29-53-52-28-15-16-31-61(52)69(65(53)54)51-26-11-4-12-27-51/h1-42H. The van der Waals surface area contributed by atoms with E-state index in [-0.39, 0.29) is 0 Å². The maximum absolute atomic E-state index is 5.84. The fourth-order valence-corrected chi connectivity index (χ4v) is 10.8. The molecule has 0 aliphatic rings. The fourth-order valence-electron chi connectivity index (χ4n) is 10.8. The van der Waals surface area contributed by atoms with Crippen LogP contribution < -0.4 is 0 Å². The number of para-hydroxylation sites is 3. The van der Waals surface area contributed by atoms with Crippen LogP contribution in [-0.2, 0) is 0 Å². The van der Waals surface area contributed by atoms with Crippen LogP contribution in [0.5, 0.6) is 0 Å². The molecule has 0 atom stereocenters. The first-order valence-electron chi connectivity index (χ1n) is 23.9. The largest absolute Gasteiger partial charge is 0.309 e. The molecule has 0 radical (unpaired) electrons. The van der Waals surface area contributed by atoms with Crippen LogP contribution in [0.2, 0.25) is 0 Å². The summed E-state index contributed by atoms with van der Waals surface area (Å²) in [5.74, 6) is 0.614. The molecule has 4 heteroatoms. The second-order valence-electron chi connectivity index (χ2n) is 18.1. The summed E-state index contributed by atoms with van der Waals surface area (Å²) in [5.41, 5.74) is 17.4. The molecule has 14 rings (SSSR count). The molecule has 70 heavy (non-hydrogen) atoms. The van der Waals surface area contributed by atoms with Gasteiger partial charge in [-0.3, -0.25) is 4.57 Å². The lowest BCUT2D eigenvalue weighted by atomic mass is 9.91. The van der Waals surface area contributed by atoms with Crippen molar-refractivity contribution in [1.29, 1.82) is 0 Å². The number of nitrogens with zero attached hydrogens (tertiary/aromatic N) is 4. The van der Waals surface area contributed by atoms with Crippen LogP contribution in [0.4, 0.5) is 0 Å². The first kappa shape index (κ1) is 39.8. The normalized spacial score (nSPS) is 11.7. The first-order chi connectivity index (χ1) is 34.7. The molecule has 0 unspecified atom stereocenters. The van der Waals surface area contributed by atoms with E-state index in [0.29, 0.717) is 5.95 Å². The molecule has 0 aliphatic heterocycles. The van der Waals surface area contributed by atoms with Gasteiger partial charge >= 0.3 is 0 Å². The van der Waals surface area contributed by atoms with Crippen molar-refractivity contribution in [1.82, 2.24) is 19.1 Å². The Balaban J connectivity index is 1.08. The summed E-state index contributed by atoms with van der Waals surface area (Å²) in [5, 5.41) is 7.98. The number of hydrogen-bond acceptors (Lipinski definition) is 2. The molecule has 0 fully saturated rings. The predicted molar refractivity (Wildman–Crippen MR) is 293 cm³/mol. The molecule has 0 amide bonds. The molecule has 0 aliphatic carbocycles. The van der Waals surface area contributed by atoms with E-state index < -0.39 is 0 Å². The van der Waals surface area contributed by atoms with Gasteiger partial charge in [-0.2, -0.15) is 0 Å². The van der Waals surface area contributed by atoms with E-state index in [2.05, 4.69) is 264 Å². The second-order valence-corrected chi connectivity index (χ2v) is 18.1. The minimum absolute atomic E-state index is 0.614. The lowest BCUT2D eigenvalue weighted by Gasteiger charge is -2.17. The van der Waals surface area contributed by atoms with Crippen molar-refractivity contribution in [2.24, 2.45) is 0 Å². The van der Waals surface area contributed by atoms with Crippen LogP contribution in [0.1, 0.15) is 0 Å². The van der Waals surface area contributed by atoms with Crippen molar-refractivity contribution < 1.29 is 0 Å². The van der Waals surface area contributed by atoms with Crippen LogP contribution in [0, 0.1) is 0 Å². The van der Waals surface area contributed by atoms with Crippen LogP contribution in [0.25, 0.3) is 133 Å². The molecule has 326 valence electrons. The summed E-state index contributed by atoms with van der Waals surface area (Å²) in [4.78, 5) is 11.5. The van der Waals surface area contributed by atoms with Crippen molar-refractivity contribution >= 4 is 65.3 Å². The van der Waals surface area contributed by atoms with E-state index >= 15 is 0 Å². The summed E-state index contributed by atoms with van der Waals surface area (Å²) < 4.78 is 4.70. The van der Waals surface area contributed by atoms with E-state index in [0.717, 1.165) is 99.5 Å². The number of benzene rings is 11. The molecule has 0 N–H and O–H groups in total. The van der Waals surface area contributed by atoms with E-state index in [1.165, 1.54) is 27.3 Å². The predicted octanol–water partition coefficient (Wildman–Crippen LogP) is 17.3. The summed E-state index contributed by atoms with van der Waals surface area (Å²) >= 11 is 0. The SMILES string of the molecule is c1ccc(-c2ccc(-c3ccc4c(c3)c3cc5ccccc5cc3n4-c3nc(-c4cccc5c6ccccc6n(-c6ccccc6)c45)c4cc(-c5ccccc5)c(-c5ccccc5)cc4n3)cc2)cc1. The Morgan fingerprint density at radius 3 is 1.51 bits per heavy atom. The van der Waals surface area contributed by atoms with Gasteiger partial charge in [0.1, 0.15) is 0 Å². The highest BCUT2D eigenvalue weighted by molar-refractivity contribution is 6.17. The van der Waals surface area contributed by atoms with E-state index in [4.69, 9.17) is 9.97 Å². The second kappa shape index (κ2) is 16.2. The lowest BCUT2D eigenvalue weighted by Crippen LogP contribution is -2.05. The topological polar surface area (TPSA) is 35.6 Å². The molecular weight excluding hydrogens is 849 g/mol. The highest BCUT2D eigenvalue weighted by atomic mass is 15.2. The number of rotatable bonds is 7. The molecule has 3 heterocycles. The Morgan fingerprint density at radius 2 is 0.800 bits per heavy atom. The van der Waals surface area contributed by atoms with Crippen molar-refractivity contribution in [3.8, 4) is 67.4 Å². The van der Waals surface area contributed by atoms with Crippen molar-refractivity contribution in [3.05, 3.63) is 255 Å². The Morgan fingerprint density at radius 1 is 0.271 bits per heavy atom. The third kappa shape index (κ3) is 6.46. The molecule has 0 bridgehead atoms. The van der Waals surface area contributed by atoms with Gasteiger partial charge in [0.2, 0.25) is 5.95 Å². The van der Waals surface area contributed by atoms with Crippen LogP contribution in [-0.4, -0.2) is 19.1 Å². The smallest absolute Gasteiger partial charge is 0.235 e. The average Bonchev–Trinajstić information content (AvgIpc) is 3.95. The van der Waals surface area contributed by atoms with Crippen LogP contribution in [0.15, 0.2) is 255 Å². The monoisotopic (exact) mass is 890 g/mol. The van der Waals surface area contributed by atoms with Gasteiger partial charge in [0.25, 0.3) is 0 Å². The van der Waals surface area contributed by atoms with Gasteiger partial charge in [-0.15, -0.1) is 0 Å². The quantitative estimate of drug-likeness (QED) is 0.160. The fraction of sp³-hybridized carbons (Fsp3) is 0. The Labute approximate surface area is 404 Å². The van der Waals surface area contributed by atoms with Crippen molar-refractivity contribution in [2.75, 3.05) is 0 Å². The van der Waals surface area contributed by atoms with Crippen LogP contribution in [0.3, 0.4) is 0 Å². The van der Waals surface area contributed by atoms with Crippen molar-refractivity contribution in [3.63, 3.8) is 0 Å². The van der Waals surface area contributed by atoms with E-state index in [9.17, 15) is 0 Å². The Kier molecular flexibility index (Phi) is 9.17. The highest BCUT2D eigenvalue weighted by Crippen LogP contribution is 2.44. The highest BCUT2D eigenvalue weighted by Gasteiger charge is 2.24. The molecule has 0 saturated carbocycles. The molecular formula is C66H42N4. The summed E-state index contributed by atoms with van der Waals surface area (Å²) in [6.45, 7) is 0. The molecule has 3 aromatic heterocycles. The minimum Gasteiger partial charge on any atom is -0.309 e. The van der Waals surface area contributed by atoms with Crippen LogP contribution >= 0.6 is 0 Å².